The molecule has 9 unspecified atom stereocenters. The Morgan fingerprint density at radius 1 is 0.553 bits per heavy atom. The van der Waals surface area contributed by atoms with E-state index >= 15 is 0 Å². The van der Waals surface area contributed by atoms with Crippen molar-refractivity contribution in [2.24, 2.45) is 0 Å². The highest BCUT2D eigenvalue weighted by Gasteiger charge is 2.31. The van der Waals surface area contributed by atoms with Crippen LogP contribution in [0.15, 0.2) is 0 Å². The fourth-order valence-corrected chi connectivity index (χ4v) is 2.57. The van der Waals surface area contributed by atoms with Crippen molar-refractivity contribution < 1.29 is 72.8 Å². The molecule has 0 aromatic rings. The fourth-order valence-electron chi connectivity index (χ4n) is 2.57. The molecule has 0 aromatic carbocycles. The van der Waals surface area contributed by atoms with Crippen LogP contribution >= 0.6 is 0 Å². The average Bonchev–Trinajstić information content (AvgIpc) is 2.80. The van der Waals surface area contributed by atoms with Crippen molar-refractivity contribution in [3.63, 3.8) is 0 Å². The standard InChI is InChI=1S/C23H40O15/c1-11(24)20(28)32-9-8-18(34-16(6)37-22(30)13(3)26)19(35-17(7)38-23(31)14(4)27)10-33-15(5)36-21(29)12(2)25/h11-19,24-27H,8-10H2,1-7H3. The molecule has 15 heteroatoms. The van der Waals surface area contributed by atoms with Crippen LogP contribution in [0.4, 0.5) is 0 Å². The number of hydrogen-bond donors (Lipinski definition) is 4. The Hall–Kier alpha value is -2.40. The SMILES string of the molecule is CC(OCC(OC(C)OC(=O)C(C)O)C(CCOC(=O)C(C)O)OC(C)OC(=O)C(C)O)OC(=O)C(C)O. The number of aliphatic hydroxyl groups is 4. The lowest BCUT2D eigenvalue weighted by Crippen LogP contribution is -2.43. The summed E-state index contributed by atoms with van der Waals surface area (Å²) in [5.41, 5.74) is 0. The molecular formula is C23H40O15. The van der Waals surface area contributed by atoms with Crippen LogP contribution in [-0.4, -0.2) is 113 Å². The average molecular weight is 557 g/mol. The molecule has 0 spiro atoms. The number of aliphatic hydroxyl groups excluding tert-OH is 4. The van der Waals surface area contributed by atoms with Crippen molar-refractivity contribution in [1.29, 1.82) is 0 Å². The third-order valence-electron chi connectivity index (χ3n) is 4.50. The molecular weight excluding hydrogens is 516 g/mol. The second-order valence-electron chi connectivity index (χ2n) is 8.36. The van der Waals surface area contributed by atoms with E-state index in [0.717, 1.165) is 0 Å². The molecule has 0 heterocycles. The molecule has 0 aromatic heterocycles. The molecule has 0 aliphatic heterocycles. The van der Waals surface area contributed by atoms with E-state index in [4.69, 9.17) is 33.2 Å². The summed E-state index contributed by atoms with van der Waals surface area (Å²) in [7, 11) is 0. The van der Waals surface area contributed by atoms with E-state index in [2.05, 4.69) is 0 Å². The Labute approximate surface area is 220 Å². The first kappa shape index (κ1) is 35.6. The highest BCUT2D eigenvalue weighted by molar-refractivity contribution is 5.74. The van der Waals surface area contributed by atoms with Crippen LogP contribution in [0, 0.1) is 0 Å². The van der Waals surface area contributed by atoms with Gasteiger partial charge in [-0.2, -0.15) is 0 Å². The largest absolute Gasteiger partial charge is 0.464 e. The van der Waals surface area contributed by atoms with Gasteiger partial charge in [0.2, 0.25) is 12.6 Å². The fraction of sp³-hybridized carbons (Fsp3) is 0.826. The summed E-state index contributed by atoms with van der Waals surface area (Å²) in [5, 5.41) is 37.4. The maximum atomic E-state index is 11.8. The Balaban J connectivity index is 5.76. The van der Waals surface area contributed by atoms with Gasteiger partial charge in [-0.05, 0) is 48.5 Å². The summed E-state index contributed by atoms with van der Waals surface area (Å²) in [6.07, 6.45) is -11.7. The molecule has 38 heavy (non-hydrogen) atoms. The Bertz CT molecular complexity index is 736. The highest BCUT2D eigenvalue weighted by atomic mass is 16.7. The molecule has 0 bridgehead atoms. The molecule has 0 fully saturated rings. The molecule has 0 saturated carbocycles. The van der Waals surface area contributed by atoms with E-state index in [1.165, 1.54) is 48.5 Å². The van der Waals surface area contributed by atoms with Gasteiger partial charge in [-0.25, -0.2) is 19.2 Å². The maximum Gasteiger partial charge on any atom is 0.336 e. The van der Waals surface area contributed by atoms with Gasteiger partial charge in [0.1, 0.15) is 30.5 Å². The van der Waals surface area contributed by atoms with Gasteiger partial charge in [-0.15, -0.1) is 0 Å². The minimum atomic E-state index is -1.44. The molecule has 0 radical (unpaired) electrons. The van der Waals surface area contributed by atoms with E-state index in [1.54, 1.807) is 0 Å². The van der Waals surface area contributed by atoms with Crippen LogP contribution in [0.1, 0.15) is 54.9 Å². The first-order valence-corrected chi connectivity index (χ1v) is 12.0. The van der Waals surface area contributed by atoms with Crippen molar-refractivity contribution in [2.75, 3.05) is 13.2 Å². The van der Waals surface area contributed by atoms with Gasteiger partial charge in [-0.1, -0.05) is 0 Å². The number of ether oxygens (including phenoxy) is 7. The lowest BCUT2D eigenvalue weighted by molar-refractivity contribution is -0.248. The van der Waals surface area contributed by atoms with Crippen LogP contribution in [-0.2, 0) is 52.3 Å². The van der Waals surface area contributed by atoms with E-state index in [-0.39, 0.29) is 19.6 Å². The highest BCUT2D eigenvalue weighted by Crippen LogP contribution is 2.17. The third kappa shape index (κ3) is 15.1. The van der Waals surface area contributed by atoms with Gasteiger partial charge < -0.3 is 53.6 Å². The summed E-state index contributed by atoms with van der Waals surface area (Å²) >= 11 is 0. The van der Waals surface area contributed by atoms with Gasteiger partial charge in [0.15, 0.2) is 6.29 Å². The molecule has 15 nitrogen and oxygen atoms in total. The Morgan fingerprint density at radius 2 is 0.921 bits per heavy atom. The van der Waals surface area contributed by atoms with Crippen LogP contribution in [0.25, 0.3) is 0 Å². The van der Waals surface area contributed by atoms with Crippen molar-refractivity contribution in [3.8, 4) is 0 Å². The lowest BCUT2D eigenvalue weighted by atomic mass is 10.1. The summed E-state index contributed by atoms with van der Waals surface area (Å²) in [6, 6.07) is 0. The zero-order chi connectivity index (χ0) is 29.6. The molecule has 0 rings (SSSR count). The smallest absolute Gasteiger partial charge is 0.336 e. The van der Waals surface area contributed by atoms with Crippen molar-refractivity contribution in [2.45, 2.75) is 110 Å². The van der Waals surface area contributed by atoms with E-state index in [9.17, 15) is 39.6 Å². The van der Waals surface area contributed by atoms with Crippen LogP contribution < -0.4 is 0 Å². The number of esters is 4. The maximum absolute atomic E-state index is 11.8. The van der Waals surface area contributed by atoms with Crippen molar-refractivity contribution in [3.05, 3.63) is 0 Å². The summed E-state index contributed by atoms with van der Waals surface area (Å²) < 4.78 is 36.8. The van der Waals surface area contributed by atoms with Crippen LogP contribution in [0.3, 0.4) is 0 Å². The van der Waals surface area contributed by atoms with Gasteiger partial charge in [-0.3, -0.25) is 0 Å². The zero-order valence-electron chi connectivity index (χ0n) is 22.6. The van der Waals surface area contributed by atoms with Crippen LogP contribution in [0.2, 0.25) is 0 Å². The summed E-state index contributed by atoms with van der Waals surface area (Å²) in [6.45, 7) is 8.17. The van der Waals surface area contributed by atoms with Crippen molar-refractivity contribution in [1.82, 2.24) is 0 Å². The molecule has 9 atom stereocenters. The number of rotatable bonds is 18. The Morgan fingerprint density at radius 3 is 1.32 bits per heavy atom. The molecule has 222 valence electrons. The van der Waals surface area contributed by atoms with E-state index < -0.39 is 79.4 Å². The van der Waals surface area contributed by atoms with Gasteiger partial charge in [0, 0.05) is 6.42 Å². The van der Waals surface area contributed by atoms with E-state index in [0.29, 0.717) is 0 Å². The van der Waals surface area contributed by atoms with Gasteiger partial charge in [0.05, 0.1) is 19.3 Å². The molecule has 0 aliphatic rings. The van der Waals surface area contributed by atoms with Crippen LogP contribution in [0.5, 0.6) is 0 Å². The second-order valence-corrected chi connectivity index (χ2v) is 8.36. The summed E-state index contributed by atoms with van der Waals surface area (Å²) in [4.78, 5) is 46.8. The molecule has 0 saturated heterocycles. The predicted octanol–water partition coefficient (Wildman–Crippen LogP) is -1.10. The lowest BCUT2D eigenvalue weighted by Gasteiger charge is -2.32. The number of carbonyl (C=O) groups excluding carboxylic acids is 4. The van der Waals surface area contributed by atoms with Crippen molar-refractivity contribution >= 4 is 23.9 Å². The predicted molar refractivity (Wildman–Crippen MR) is 125 cm³/mol. The zero-order valence-corrected chi connectivity index (χ0v) is 22.6. The molecule has 0 aliphatic carbocycles. The van der Waals surface area contributed by atoms with Gasteiger partial charge >= 0.3 is 23.9 Å². The topological polar surface area (TPSA) is 214 Å². The van der Waals surface area contributed by atoms with E-state index in [1.807, 2.05) is 0 Å². The normalized spacial score (nSPS) is 18.5. The quantitative estimate of drug-likeness (QED) is 0.0895. The minimum Gasteiger partial charge on any atom is -0.464 e. The third-order valence-corrected chi connectivity index (χ3v) is 4.50. The summed E-state index contributed by atoms with van der Waals surface area (Å²) in [5.74, 6) is -3.84. The second kappa shape index (κ2) is 18.0. The van der Waals surface area contributed by atoms with Gasteiger partial charge in [0.25, 0.3) is 0 Å². The Kier molecular flexibility index (Phi) is 16.9. The first-order valence-electron chi connectivity index (χ1n) is 12.0. The first-order chi connectivity index (χ1) is 17.5. The number of carbonyl (C=O) groups is 4. The molecule has 0 amide bonds. The number of hydrogen-bond acceptors (Lipinski definition) is 15. The monoisotopic (exact) mass is 556 g/mol. The minimum absolute atomic E-state index is 0.109. The molecule has 4 N–H and O–H groups in total.